The fourth-order valence-corrected chi connectivity index (χ4v) is 4.51. The number of amides is 4. The molecule has 0 aliphatic heterocycles. The van der Waals surface area contributed by atoms with Gasteiger partial charge in [0.1, 0.15) is 18.1 Å². The first-order valence-corrected chi connectivity index (χ1v) is 14.4. The van der Waals surface area contributed by atoms with Gasteiger partial charge in [-0.2, -0.15) is 0 Å². The molecule has 0 fully saturated rings. The number of fused-ring (bicyclic) bond motifs is 1. The molecule has 2 rings (SSSR count). The van der Waals surface area contributed by atoms with E-state index in [0.29, 0.717) is 31.4 Å². The van der Waals surface area contributed by atoms with E-state index >= 15 is 0 Å². The average molecular weight is 617 g/mol. The van der Waals surface area contributed by atoms with Crippen molar-refractivity contribution in [1.82, 2.24) is 20.9 Å². The molecule has 0 bridgehead atoms. The van der Waals surface area contributed by atoms with E-state index in [1.54, 1.807) is 6.20 Å². The molecule has 0 spiro atoms. The number of carbonyl (C=O) groups is 5. The van der Waals surface area contributed by atoms with Crippen molar-refractivity contribution in [3.05, 3.63) is 36.0 Å². The number of aliphatic imine (C=N–C) groups is 1. The van der Waals surface area contributed by atoms with E-state index in [0.717, 1.165) is 10.9 Å². The maximum absolute atomic E-state index is 13.6. The molecule has 0 aliphatic carbocycles. The maximum atomic E-state index is 13.6. The second-order valence-corrected chi connectivity index (χ2v) is 10.4. The molecule has 1 aromatic heterocycles. The number of nitrogens with one attached hydrogen (secondary N) is 4. The quantitative estimate of drug-likeness (QED) is 0.0444. The van der Waals surface area contributed by atoms with Crippen molar-refractivity contribution >= 4 is 46.5 Å². The predicted molar refractivity (Wildman–Crippen MR) is 165 cm³/mol. The van der Waals surface area contributed by atoms with E-state index < -0.39 is 53.8 Å². The molecule has 2 aromatic rings. The van der Waals surface area contributed by atoms with Crippen molar-refractivity contribution in [2.45, 2.75) is 75.5 Å². The number of hydrogen-bond acceptors (Lipinski definition) is 8. The highest BCUT2D eigenvalue weighted by atomic mass is 16.4. The number of H-pyrrole nitrogens is 1. The minimum Gasteiger partial charge on any atom is -0.480 e. The monoisotopic (exact) mass is 616 g/mol. The van der Waals surface area contributed by atoms with Gasteiger partial charge in [-0.25, -0.2) is 4.79 Å². The van der Waals surface area contributed by atoms with Crippen molar-refractivity contribution < 1.29 is 29.1 Å². The van der Waals surface area contributed by atoms with E-state index in [1.165, 1.54) is 0 Å². The third-order valence-corrected chi connectivity index (χ3v) is 6.91. The molecule has 0 saturated carbocycles. The van der Waals surface area contributed by atoms with Gasteiger partial charge in [0.25, 0.3) is 0 Å². The van der Waals surface area contributed by atoms with Crippen LogP contribution in [0.1, 0.15) is 50.5 Å². The second-order valence-electron chi connectivity index (χ2n) is 10.4. The number of para-hydroxylation sites is 1. The molecule has 0 aliphatic rings. The van der Waals surface area contributed by atoms with Crippen molar-refractivity contribution in [3.63, 3.8) is 0 Å². The lowest BCUT2D eigenvalue weighted by Crippen LogP contribution is -2.57. The van der Waals surface area contributed by atoms with Gasteiger partial charge in [-0.15, -0.1) is 0 Å². The largest absolute Gasteiger partial charge is 0.480 e. The average Bonchev–Trinajstić information content (AvgIpc) is 3.38. The molecule has 1 aromatic carbocycles. The van der Waals surface area contributed by atoms with Gasteiger partial charge in [0.2, 0.25) is 23.6 Å². The third-order valence-electron chi connectivity index (χ3n) is 6.91. The van der Waals surface area contributed by atoms with Crippen LogP contribution in [-0.2, 0) is 30.4 Å². The Morgan fingerprint density at radius 1 is 0.841 bits per heavy atom. The minimum absolute atomic E-state index is 0.0311. The Bertz CT molecular complexity index is 1310. The number of nitrogens with zero attached hydrogens (tertiary/aromatic N) is 1. The predicted octanol–water partition coefficient (Wildman–Crippen LogP) is -1.98. The summed E-state index contributed by atoms with van der Waals surface area (Å²) in [6.07, 6.45) is 3.07. The summed E-state index contributed by atoms with van der Waals surface area (Å²) in [4.78, 5) is 70.1. The van der Waals surface area contributed by atoms with Gasteiger partial charge in [-0.1, -0.05) is 18.2 Å². The number of aromatic amines is 1. The van der Waals surface area contributed by atoms with Crippen LogP contribution in [0.3, 0.4) is 0 Å². The van der Waals surface area contributed by atoms with E-state index in [2.05, 4.69) is 25.9 Å². The highest BCUT2D eigenvalue weighted by molar-refractivity contribution is 5.95. The summed E-state index contributed by atoms with van der Waals surface area (Å²) < 4.78 is 0. The van der Waals surface area contributed by atoms with Gasteiger partial charge in [0.05, 0.1) is 6.04 Å². The maximum Gasteiger partial charge on any atom is 0.326 e. The number of rotatable bonds is 20. The first-order valence-electron chi connectivity index (χ1n) is 14.4. The van der Waals surface area contributed by atoms with E-state index in [4.69, 9.17) is 28.7 Å². The number of aliphatic carboxylic acids is 1. The first-order chi connectivity index (χ1) is 20.9. The molecule has 242 valence electrons. The smallest absolute Gasteiger partial charge is 0.326 e. The zero-order chi connectivity index (χ0) is 32.6. The van der Waals surface area contributed by atoms with Crippen LogP contribution in [-0.4, -0.2) is 82.9 Å². The highest BCUT2D eigenvalue weighted by Gasteiger charge is 2.31. The number of benzene rings is 1. The number of guanidine groups is 1. The Kier molecular flexibility index (Phi) is 14.6. The first kappa shape index (κ1) is 35.5. The summed E-state index contributed by atoms with van der Waals surface area (Å²) in [6.45, 7) is 0.629. The highest BCUT2D eigenvalue weighted by Crippen LogP contribution is 2.19. The SMILES string of the molecule is NCCCCC(NC(=O)C(CCC(N)=O)NC(=O)C(Cc1c[nH]c2ccccc12)NC(=O)C(N)CCCN=C(N)N)C(=O)O. The number of carboxylic acids is 1. The molecule has 16 nitrogen and oxygen atoms in total. The van der Waals surface area contributed by atoms with Crippen LogP contribution in [0.4, 0.5) is 0 Å². The van der Waals surface area contributed by atoms with Crippen molar-refractivity contribution in [2.75, 3.05) is 13.1 Å². The van der Waals surface area contributed by atoms with Gasteiger partial charge in [0, 0.05) is 36.5 Å². The van der Waals surface area contributed by atoms with Crippen LogP contribution in [0.15, 0.2) is 35.5 Å². The zero-order valence-corrected chi connectivity index (χ0v) is 24.6. The van der Waals surface area contributed by atoms with Gasteiger partial charge < -0.3 is 54.7 Å². The Hall–Kier alpha value is -4.70. The molecule has 0 saturated heterocycles. The number of unbranched alkanes of at least 4 members (excludes halogenated alkanes) is 1. The Morgan fingerprint density at radius 2 is 1.50 bits per heavy atom. The van der Waals surface area contributed by atoms with Crippen LogP contribution in [0.5, 0.6) is 0 Å². The molecule has 0 radical (unpaired) electrons. The van der Waals surface area contributed by atoms with Crippen molar-refractivity contribution in [2.24, 2.45) is 33.7 Å². The molecular formula is C28H44N10O6. The van der Waals surface area contributed by atoms with Crippen LogP contribution in [0, 0.1) is 0 Å². The van der Waals surface area contributed by atoms with Crippen LogP contribution < -0.4 is 44.6 Å². The lowest BCUT2D eigenvalue weighted by molar-refractivity contribution is -0.142. The van der Waals surface area contributed by atoms with Crippen molar-refractivity contribution in [1.29, 1.82) is 0 Å². The molecule has 15 N–H and O–H groups in total. The molecule has 4 atom stereocenters. The summed E-state index contributed by atoms with van der Waals surface area (Å²) in [6, 6.07) is 2.66. The summed E-state index contributed by atoms with van der Waals surface area (Å²) in [5.41, 5.74) is 29.0. The molecule has 4 amide bonds. The molecule has 4 unspecified atom stereocenters. The molecular weight excluding hydrogens is 572 g/mol. The molecule has 1 heterocycles. The van der Waals surface area contributed by atoms with Crippen molar-refractivity contribution in [3.8, 4) is 0 Å². The third kappa shape index (κ3) is 11.9. The fraction of sp³-hybridized carbons (Fsp3) is 0.500. The van der Waals surface area contributed by atoms with Gasteiger partial charge in [-0.05, 0) is 56.7 Å². The number of carbonyl (C=O) groups excluding carboxylic acids is 4. The van der Waals surface area contributed by atoms with E-state index in [9.17, 15) is 29.1 Å². The minimum atomic E-state index is -1.32. The fourth-order valence-electron chi connectivity index (χ4n) is 4.51. The Balaban J connectivity index is 2.27. The van der Waals surface area contributed by atoms with E-state index in [1.807, 2.05) is 24.3 Å². The molecule has 44 heavy (non-hydrogen) atoms. The number of aromatic nitrogens is 1. The van der Waals surface area contributed by atoms with Crippen LogP contribution in [0.25, 0.3) is 10.9 Å². The summed E-state index contributed by atoms with van der Waals surface area (Å²) in [5.74, 6) is -4.22. The molecule has 16 heteroatoms. The summed E-state index contributed by atoms with van der Waals surface area (Å²) >= 11 is 0. The second kappa shape index (κ2) is 18.1. The van der Waals surface area contributed by atoms with Crippen LogP contribution >= 0.6 is 0 Å². The Labute approximate surface area is 254 Å². The number of nitrogens with two attached hydrogens (primary N) is 5. The lowest BCUT2D eigenvalue weighted by atomic mass is 10.0. The normalized spacial score (nSPS) is 13.7. The standard InChI is InChI=1S/C28H44N10O6/c29-12-4-3-9-21(27(43)44)37-25(41)20(10-11-23(31)39)36-26(42)22(14-16-15-35-19-8-2-1-6-17(16)19)38-24(40)18(30)7-5-13-34-28(32)33/h1-2,6,8,15,18,20-22,35H,3-5,7,9-14,29-30H2,(H2,31,39)(H,36,42)(H,37,41)(H,38,40)(H,43,44)(H4,32,33,34). The van der Waals surface area contributed by atoms with Gasteiger partial charge in [-0.3, -0.25) is 24.2 Å². The number of primary amides is 1. The summed E-state index contributed by atoms with van der Waals surface area (Å²) in [7, 11) is 0. The van der Waals surface area contributed by atoms with Gasteiger partial charge >= 0.3 is 5.97 Å². The van der Waals surface area contributed by atoms with Gasteiger partial charge in [0.15, 0.2) is 5.96 Å². The van der Waals surface area contributed by atoms with Crippen LogP contribution in [0.2, 0.25) is 0 Å². The topological polar surface area (TPSA) is 300 Å². The lowest BCUT2D eigenvalue weighted by Gasteiger charge is -2.25. The zero-order valence-electron chi connectivity index (χ0n) is 24.6. The number of hydrogen-bond donors (Lipinski definition) is 10. The summed E-state index contributed by atoms with van der Waals surface area (Å²) in [5, 5.41) is 18.1. The Morgan fingerprint density at radius 3 is 2.16 bits per heavy atom. The number of carboxylic acid groups (broad SMARTS) is 1. The van der Waals surface area contributed by atoms with E-state index in [-0.39, 0.29) is 44.6 Å².